The van der Waals surface area contributed by atoms with Gasteiger partial charge in [-0.25, -0.2) is 0 Å². The van der Waals surface area contributed by atoms with Gasteiger partial charge in [0.15, 0.2) is 0 Å². The molecule has 1 nitrogen and oxygen atoms in total. The van der Waals surface area contributed by atoms with Crippen molar-refractivity contribution in [2.24, 2.45) is 0 Å². The highest BCUT2D eigenvalue weighted by atomic mass is 15.1. The minimum Gasteiger partial charge on any atom is -0.310 e. The van der Waals surface area contributed by atoms with E-state index in [-0.39, 0.29) is 0 Å². The van der Waals surface area contributed by atoms with Crippen LogP contribution in [0.1, 0.15) is 0 Å². The number of hydrogen-bond donors (Lipinski definition) is 0. The Morgan fingerprint density at radius 2 is 0.509 bits per heavy atom. The van der Waals surface area contributed by atoms with Crippen LogP contribution in [0.4, 0.5) is 17.1 Å². The van der Waals surface area contributed by atoms with Gasteiger partial charge in [-0.05, 0) is 115 Å². The largest absolute Gasteiger partial charge is 0.310 e. The second-order valence-corrected chi connectivity index (χ2v) is 13.8. The third-order valence-corrected chi connectivity index (χ3v) is 10.3. The van der Waals surface area contributed by atoms with Gasteiger partial charge in [-0.3, -0.25) is 0 Å². The van der Waals surface area contributed by atoms with E-state index in [2.05, 4.69) is 241 Å². The predicted molar refractivity (Wildman–Crippen MR) is 234 cm³/mol. The maximum absolute atomic E-state index is 2.38. The Kier molecular flexibility index (Phi) is 9.41. The molecule has 9 aromatic rings. The molecule has 0 heterocycles. The predicted octanol–water partition coefficient (Wildman–Crippen LogP) is 15.2. The molecule has 0 aliphatic heterocycles. The van der Waals surface area contributed by atoms with E-state index >= 15 is 0 Å². The number of nitrogens with zero attached hydrogens (tertiary/aromatic N) is 1. The molecule has 0 saturated carbocycles. The van der Waals surface area contributed by atoms with Gasteiger partial charge in [0.05, 0.1) is 0 Å². The van der Waals surface area contributed by atoms with Crippen molar-refractivity contribution in [2.45, 2.75) is 0 Å². The first-order valence-electron chi connectivity index (χ1n) is 18.8. The quantitative estimate of drug-likeness (QED) is 0.145. The number of hydrogen-bond acceptors (Lipinski definition) is 1. The summed E-state index contributed by atoms with van der Waals surface area (Å²) in [4.78, 5) is 2.38. The molecule has 0 aliphatic carbocycles. The molecule has 0 amide bonds. The Morgan fingerprint density at radius 3 is 1.00 bits per heavy atom. The lowest BCUT2D eigenvalue weighted by atomic mass is 9.92. The molecule has 1 heteroatoms. The van der Waals surface area contributed by atoms with Gasteiger partial charge in [-0.1, -0.05) is 188 Å². The summed E-state index contributed by atoms with van der Waals surface area (Å²) in [5.74, 6) is 0. The summed E-state index contributed by atoms with van der Waals surface area (Å²) < 4.78 is 0. The summed E-state index contributed by atoms with van der Waals surface area (Å²) in [6.45, 7) is 0. The number of rotatable bonds is 9. The fourth-order valence-electron chi connectivity index (χ4n) is 7.49. The smallest absolute Gasteiger partial charge is 0.0473 e. The van der Waals surface area contributed by atoms with Gasteiger partial charge in [-0.15, -0.1) is 0 Å². The molecule has 0 fully saturated rings. The summed E-state index contributed by atoms with van der Waals surface area (Å²) in [7, 11) is 0. The zero-order chi connectivity index (χ0) is 36.8. The molecule has 9 rings (SSSR count). The van der Waals surface area contributed by atoms with E-state index in [9.17, 15) is 0 Å². The number of anilines is 3. The molecular weight excluding hydrogens is 663 g/mol. The summed E-state index contributed by atoms with van der Waals surface area (Å²) in [6.07, 6.45) is 0. The molecule has 9 aromatic carbocycles. The maximum atomic E-state index is 2.38. The summed E-state index contributed by atoms with van der Waals surface area (Å²) in [5, 5.41) is 0. The molecule has 0 aromatic heterocycles. The van der Waals surface area contributed by atoms with Crippen molar-refractivity contribution in [1.82, 2.24) is 0 Å². The monoisotopic (exact) mass is 701 g/mol. The Hall–Kier alpha value is -7.22. The van der Waals surface area contributed by atoms with Crippen LogP contribution in [0.3, 0.4) is 0 Å². The van der Waals surface area contributed by atoms with Crippen LogP contribution >= 0.6 is 0 Å². The topological polar surface area (TPSA) is 3.24 Å². The van der Waals surface area contributed by atoms with E-state index in [4.69, 9.17) is 0 Å². The minimum absolute atomic E-state index is 1.09. The van der Waals surface area contributed by atoms with E-state index in [1.165, 1.54) is 66.8 Å². The first kappa shape index (κ1) is 33.6. The third kappa shape index (κ3) is 7.25. The van der Waals surface area contributed by atoms with Crippen molar-refractivity contribution >= 4 is 17.1 Å². The molecule has 0 N–H and O–H groups in total. The highest BCUT2D eigenvalue weighted by molar-refractivity contribution is 5.89. The normalized spacial score (nSPS) is 10.9. The van der Waals surface area contributed by atoms with E-state index in [0.29, 0.717) is 0 Å². The standard InChI is InChI=1S/C54H39N/c1-5-16-40(17-6-1)44-28-32-50(33-29-44)55(52-38-48(42-20-9-3-10-21-42)37-49(39-52)43-22-11-4-12-23-43)51-34-30-45(31-35-51)53-26-13-14-27-54(53)47-25-15-24-46(36-47)41-18-7-2-8-19-41/h1-39H. The molecule has 260 valence electrons. The highest BCUT2D eigenvalue weighted by Crippen LogP contribution is 2.42. The molecule has 0 unspecified atom stereocenters. The van der Waals surface area contributed by atoms with E-state index < -0.39 is 0 Å². The second kappa shape index (κ2) is 15.4. The Balaban J connectivity index is 1.15. The van der Waals surface area contributed by atoms with Gasteiger partial charge >= 0.3 is 0 Å². The van der Waals surface area contributed by atoms with Gasteiger partial charge in [0.2, 0.25) is 0 Å². The fourth-order valence-corrected chi connectivity index (χ4v) is 7.49. The van der Waals surface area contributed by atoms with Crippen LogP contribution in [0.5, 0.6) is 0 Å². The van der Waals surface area contributed by atoms with Crippen LogP contribution in [-0.2, 0) is 0 Å². The van der Waals surface area contributed by atoms with Crippen LogP contribution in [0.25, 0.3) is 66.8 Å². The van der Waals surface area contributed by atoms with E-state index in [1.807, 2.05) is 0 Å². The van der Waals surface area contributed by atoms with Gasteiger partial charge in [0.1, 0.15) is 0 Å². The zero-order valence-corrected chi connectivity index (χ0v) is 30.5. The summed E-state index contributed by atoms with van der Waals surface area (Å²) in [5.41, 5.74) is 17.6. The van der Waals surface area contributed by atoms with Gasteiger partial charge in [-0.2, -0.15) is 0 Å². The second-order valence-electron chi connectivity index (χ2n) is 13.8. The lowest BCUT2D eigenvalue weighted by Gasteiger charge is -2.27. The van der Waals surface area contributed by atoms with Crippen LogP contribution in [-0.4, -0.2) is 0 Å². The van der Waals surface area contributed by atoms with Gasteiger partial charge in [0, 0.05) is 17.1 Å². The van der Waals surface area contributed by atoms with Crippen molar-refractivity contribution in [3.63, 3.8) is 0 Å². The van der Waals surface area contributed by atoms with Crippen LogP contribution in [0, 0.1) is 0 Å². The van der Waals surface area contributed by atoms with Crippen LogP contribution in [0.15, 0.2) is 237 Å². The van der Waals surface area contributed by atoms with E-state index in [1.54, 1.807) is 0 Å². The minimum atomic E-state index is 1.09. The SMILES string of the molecule is c1ccc(-c2ccc(N(c3ccc(-c4ccccc4-c4cccc(-c5ccccc5)c4)cc3)c3cc(-c4ccccc4)cc(-c4ccccc4)c3)cc2)cc1. The first-order valence-corrected chi connectivity index (χ1v) is 18.8. The molecule has 0 saturated heterocycles. The van der Waals surface area contributed by atoms with Crippen LogP contribution < -0.4 is 4.90 Å². The van der Waals surface area contributed by atoms with Crippen molar-refractivity contribution in [1.29, 1.82) is 0 Å². The Bertz CT molecular complexity index is 2590. The van der Waals surface area contributed by atoms with Crippen molar-refractivity contribution < 1.29 is 0 Å². The maximum Gasteiger partial charge on any atom is 0.0473 e. The van der Waals surface area contributed by atoms with E-state index in [0.717, 1.165) is 17.1 Å². The van der Waals surface area contributed by atoms with Crippen molar-refractivity contribution in [3.8, 4) is 66.8 Å². The fraction of sp³-hybridized carbons (Fsp3) is 0. The Morgan fingerprint density at radius 1 is 0.182 bits per heavy atom. The average Bonchev–Trinajstić information content (AvgIpc) is 3.28. The Labute approximate surface area is 324 Å². The molecule has 0 spiro atoms. The lowest BCUT2D eigenvalue weighted by molar-refractivity contribution is 1.28. The average molecular weight is 702 g/mol. The molecule has 0 bridgehead atoms. The molecule has 55 heavy (non-hydrogen) atoms. The summed E-state index contributed by atoms with van der Waals surface area (Å²) in [6, 6.07) is 85.0. The highest BCUT2D eigenvalue weighted by Gasteiger charge is 2.17. The van der Waals surface area contributed by atoms with Gasteiger partial charge < -0.3 is 4.90 Å². The molecule has 0 aliphatic rings. The number of benzene rings is 9. The molecule has 0 radical (unpaired) electrons. The lowest BCUT2D eigenvalue weighted by Crippen LogP contribution is -2.10. The van der Waals surface area contributed by atoms with Crippen molar-refractivity contribution in [3.05, 3.63) is 237 Å². The molecular formula is C54H39N. The summed E-state index contributed by atoms with van der Waals surface area (Å²) >= 11 is 0. The first-order chi connectivity index (χ1) is 27.3. The van der Waals surface area contributed by atoms with Crippen molar-refractivity contribution in [2.75, 3.05) is 4.90 Å². The molecule has 0 atom stereocenters. The third-order valence-electron chi connectivity index (χ3n) is 10.3. The zero-order valence-electron chi connectivity index (χ0n) is 30.5. The van der Waals surface area contributed by atoms with Gasteiger partial charge in [0.25, 0.3) is 0 Å². The van der Waals surface area contributed by atoms with Crippen LogP contribution in [0.2, 0.25) is 0 Å².